The maximum atomic E-state index is 13.4. The van der Waals surface area contributed by atoms with Gasteiger partial charge in [0.25, 0.3) is 11.7 Å². The number of likely N-dealkylation sites (tertiary alicyclic amines) is 1. The molecule has 3 aromatic rings. The summed E-state index contributed by atoms with van der Waals surface area (Å²) in [6.07, 6.45) is 9.84. The predicted molar refractivity (Wildman–Crippen MR) is 148 cm³/mol. The van der Waals surface area contributed by atoms with Crippen LogP contribution in [0.4, 0.5) is 0 Å². The molecule has 1 N–H and O–H groups in total. The maximum absolute atomic E-state index is 13.4. The smallest absolute Gasteiger partial charge is 0.295 e. The van der Waals surface area contributed by atoms with Crippen LogP contribution < -0.4 is 9.47 Å². The van der Waals surface area contributed by atoms with Crippen LogP contribution in [-0.2, 0) is 22.6 Å². The molecule has 2 aliphatic rings. The van der Waals surface area contributed by atoms with Gasteiger partial charge in [-0.3, -0.25) is 9.59 Å². The third kappa shape index (κ3) is 5.70. The molecule has 2 atom stereocenters. The molecule has 0 radical (unpaired) electrons. The fraction of sp³-hybridized carbons (Fsp3) is 0.387. The van der Waals surface area contributed by atoms with Crippen molar-refractivity contribution in [2.45, 2.75) is 64.6 Å². The number of nitrogens with zero attached hydrogens (tertiary/aromatic N) is 3. The van der Waals surface area contributed by atoms with Crippen LogP contribution in [0, 0.1) is 0 Å². The van der Waals surface area contributed by atoms with E-state index in [1.165, 1.54) is 0 Å². The van der Waals surface area contributed by atoms with Crippen molar-refractivity contribution in [2.75, 3.05) is 13.2 Å². The Morgan fingerprint density at radius 1 is 1.13 bits per heavy atom. The van der Waals surface area contributed by atoms with Crippen molar-refractivity contribution in [2.24, 2.45) is 0 Å². The maximum Gasteiger partial charge on any atom is 0.295 e. The number of ether oxygens (including phenoxy) is 2. The molecule has 8 nitrogen and oxygen atoms in total. The number of Topliss-reactive ketones (excluding diaryl/α,β-unsaturated/α-hetero) is 1. The fourth-order valence-corrected chi connectivity index (χ4v) is 5.34. The minimum atomic E-state index is -0.726. The molecular formula is C31H35N3O5. The number of hydrogen-bond donors (Lipinski definition) is 1. The Labute approximate surface area is 228 Å². The van der Waals surface area contributed by atoms with Crippen molar-refractivity contribution in [1.82, 2.24) is 14.5 Å². The number of aliphatic hydroxyl groups excluding tert-OH is 1. The van der Waals surface area contributed by atoms with E-state index in [1.54, 1.807) is 23.5 Å². The SMILES string of the molecule is CCCCCOc1cccc([C@@H]2C(=C(O)c3ccc4c(c3)C[C@@H](C)O4)C(=O)C(=O)N2CCCn2ccnc2)c1. The van der Waals surface area contributed by atoms with E-state index in [0.29, 0.717) is 37.4 Å². The van der Waals surface area contributed by atoms with Crippen molar-refractivity contribution in [1.29, 1.82) is 0 Å². The number of fused-ring (bicyclic) bond motifs is 1. The van der Waals surface area contributed by atoms with Crippen LogP contribution in [-0.4, -0.2) is 50.5 Å². The lowest BCUT2D eigenvalue weighted by Gasteiger charge is -2.26. The first-order valence-corrected chi connectivity index (χ1v) is 13.7. The Balaban J connectivity index is 1.49. The molecule has 204 valence electrons. The minimum Gasteiger partial charge on any atom is -0.507 e. The Morgan fingerprint density at radius 3 is 2.79 bits per heavy atom. The highest BCUT2D eigenvalue weighted by Gasteiger charge is 2.46. The molecule has 2 aromatic carbocycles. The zero-order chi connectivity index (χ0) is 27.4. The number of hydrogen-bond acceptors (Lipinski definition) is 6. The summed E-state index contributed by atoms with van der Waals surface area (Å²) < 4.78 is 13.7. The number of amides is 1. The van der Waals surface area contributed by atoms with Crippen molar-refractivity contribution in [3.63, 3.8) is 0 Å². The van der Waals surface area contributed by atoms with Gasteiger partial charge >= 0.3 is 0 Å². The minimum absolute atomic E-state index is 0.0542. The van der Waals surface area contributed by atoms with Crippen molar-refractivity contribution in [3.8, 4) is 11.5 Å². The summed E-state index contributed by atoms with van der Waals surface area (Å²) >= 11 is 0. The molecule has 0 spiro atoms. The van der Waals surface area contributed by atoms with Crippen LogP contribution >= 0.6 is 0 Å². The first-order chi connectivity index (χ1) is 19.0. The summed E-state index contributed by atoms with van der Waals surface area (Å²) in [5.74, 6) is -0.00842. The second kappa shape index (κ2) is 11.8. The second-order valence-electron chi connectivity index (χ2n) is 10.2. The van der Waals surface area contributed by atoms with Gasteiger partial charge in [0.15, 0.2) is 0 Å². The van der Waals surface area contributed by atoms with Crippen LogP contribution in [0.3, 0.4) is 0 Å². The summed E-state index contributed by atoms with van der Waals surface area (Å²) in [6.45, 7) is 5.73. The largest absolute Gasteiger partial charge is 0.507 e. The highest BCUT2D eigenvalue weighted by molar-refractivity contribution is 6.46. The van der Waals surface area contributed by atoms with Gasteiger partial charge in [-0.05, 0) is 61.2 Å². The van der Waals surface area contributed by atoms with E-state index < -0.39 is 17.7 Å². The number of aromatic nitrogens is 2. The molecule has 0 unspecified atom stereocenters. The Morgan fingerprint density at radius 2 is 2.00 bits per heavy atom. The van der Waals surface area contributed by atoms with Gasteiger partial charge in [-0.2, -0.15) is 0 Å². The average Bonchev–Trinajstić information content (AvgIpc) is 3.65. The molecule has 1 saturated heterocycles. The molecule has 5 rings (SSSR count). The number of aliphatic hydroxyl groups is 1. The molecular weight excluding hydrogens is 494 g/mol. The first kappa shape index (κ1) is 26.5. The van der Waals surface area contributed by atoms with Crippen LogP contribution in [0.2, 0.25) is 0 Å². The molecule has 2 aliphatic heterocycles. The van der Waals surface area contributed by atoms with Gasteiger partial charge in [-0.15, -0.1) is 0 Å². The van der Waals surface area contributed by atoms with Gasteiger partial charge in [0.05, 0.1) is 24.5 Å². The monoisotopic (exact) mass is 529 g/mol. The Hall–Kier alpha value is -4.07. The molecule has 0 saturated carbocycles. The normalized spacial score (nSPS) is 19.8. The number of unbranched alkanes of at least 4 members (excludes halogenated alkanes) is 2. The Kier molecular flexibility index (Phi) is 8.00. The predicted octanol–water partition coefficient (Wildman–Crippen LogP) is 5.29. The summed E-state index contributed by atoms with van der Waals surface area (Å²) in [6, 6.07) is 12.2. The number of carbonyl (C=O) groups excluding carboxylic acids is 2. The highest BCUT2D eigenvalue weighted by Crippen LogP contribution is 2.41. The number of imidazole rings is 1. The van der Waals surface area contributed by atoms with E-state index in [0.717, 1.165) is 42.6 Å². The van der Waals surface area contributed by atoms with E-state index in [-0.39, 0.29) is 17.4 Å². The third-order valence-electron chi connectivity index (χ3n) is 7.27. The molecule has 39 heavy (non-hydrogen) atoms. The highest BCUT2D eigenvalue weighted by atomic mass is 16.5. The quantitative estimate of drug-likeness (QED) is 0.157. The molecule has 1 aromatic heterocycles. The Bertz CT molecular complexity index is 1360. The number of ketones is 1. The zero-order valence-electron chi connectivity index (χ0n) is 22.5. The zero-order valence-corrected chi connectivity index (χ0v) is 22.5. The van der Waals surface area contributed by atoms with Crippen molar-refractivity contribution < 1.29 is 24.2 Å². The molecule has 1 amide bonds. The summed E-state index contributed by atoms with van der Waals surface area (Å²) in [5, 5.41) is 11.5. The van der Waals surface area contributed by atoms with Crippen LogP contribution in [0.1, 0.15) is 62.3 Å². The van der Waals surface area contributed by atoms with E-state index in [1.807, 2.05) is 54.1 Å². The number of carbonyl (C=O) groups is 2. The lowest BCUT2D eigenvalue weighted by molar-refractivity contribution is -0.139. The van der Waals surface area contributed by atoms with E-state index in [9.17, 15) is 14.7 Å². The van der Waals surface area contributed by atoms with Crippen LogP contribution in [0.25, 0.3) is 5.76 Å². The first-order valence-electron chi connectivity index (χ1n) is 13.7. The van der Waals surface area contributed by atoms with E-state index in [2.05, 4.69) is 11.9 Å². The van der Waals surface area contributed by atoms with Gasteiger partial charge < -0.3 is 24.0 Å². The van der Waals surface area contributed by atoms with Gasteiger partial charge in [-0.1, -0.05) is 31.9 Å². The lowest BCUT2D eigenvalue weighted by Crippen LogP contribution is -2.31. The van der Waals surface area contributed by atoms with Crippen LogP contribution in [0.5, 0.6) is 11.5 Å². The lowest BCUT2D eigenvalue weighted by atomic mass is 9.94. The molecule has 3 heterocycles. The number of aryl methyl sites for hydroxylation is 1. The summed E-state index contributed by atoms with van der Waals surface area (Å²) in [7, 11) is 0. The third-order valence-corrected chi connectivity index (χ3v) is 7.27. The molecule has 1 fully saturated rings. The average molecular weight is 530 g/mol. The molecule has 0 bridgehead atoms. The van der Waals surface area contributed by atoms with Crippen molar-refractivity contribution in [3.05, 3.63) is 83.4 Å². The van der Waals surface area contributed by atoms with Gasteiger partial charge in [0, 0.05) is 37.5 Å². The second-order valence-corrected chi connectivity index (χ2v) is 10.2. The van der Waals surface area contributed by atoms with Gasteiger partial charge in [-0.25, -0.2) is 4.98 Å². The van der Waals surface area contributed by atoms with Gasteiger partial charge in [0.1, 0.15) is 23.4 Å². The van der Waals surface area contributed by atoms with E-state index >= 15 is 0 Å². The number of rotatable bonds is 11. The summed E-state index contributed by atoms with van der Waals surface area (Å²) in [4.78, 5) is 32.4. The number of benzene rings is 2. The topological polar surface area (TPSA) is 93.9 Å². The molecule has 0 aliphatic carbocycles. The van der Waals surface area contributed by atoms with E-state index in [4.69, 9.17) is 9.47 Å². The fourth-order valence-electron chi connectivity index (χ4n) is 5.34. The van der Waals surface area contributed by atoms with Crippen LogP contribution in [0.15, 0.2) is 66.8 Å². The van der Waals surface area contributed by atoms with Gasteiger partial charge in [0.2, 0.25) is 0 Å². The molecule has 8 heteroatoms. The standard InChI is InChI=1S/C31H35N3O5/c1-3-4-5-16-38-25-9-6-8-22(19-25)28-27(29(35)23-10-11-26-24(18-23)17-21(2)39-26)30(36)31(37)34(28)14-7-13-33-15-12-32-20-33/h6,8-12,15,18-21,28,35H,3-5,7,13-14,16-17H2,1-2H3/t21-,28-/m1/s1. The van der Waals surface area contributed by atoms with Crippen molar-refractivity contribution >= 4 is 17.4 Å². The summed E-state index contributed by atoms with van der Waals surface area (Å²) in [5.41, 5.74) is 2.29.